The summed E-state index contributed by atoms with van der Waals surface area (Å²) in [7, 11) is 1.51. The first-order chi connectivity index (χ1) is 7.15. The monoisotopic (exact) mass is 210 g/mol. The summed E-state index contributed by atoms with van der Waals surface area (Å²) < 4.78 is 4.93. The maximum atomic E-state index is 11.7. The van der Waals surface area contributed by atoms with E-state index >= 15 is 0 Å². The van der Waals surface area contributed by atoms with Crippen molar-refractivity contribution in [2.75, 3.05) is 7.11 Å². The van der Waals surface area contributed by atoms with Gasteiger partial charge in [-0.2, -0.15) is 0 Å². The van der Waals surface area contributed by atoms with E-state index in [1.807, 2.05) is 0 Å². The topological polar surface area (TPSA) is 26.3 Å². The fourth-order valence-corrected chi connectivity index (χ4v) is 3.55. The highest BCUT2D eigenvalue weighted by molar-refractivity contribution is 5.76. The first-order valence-electron chi connectivity index (χ1n) is 6.24. The van der Waals surface area contributed by atoms with Crippen molar-refractivity contribution in [1.29, 1.82) is 0 Å². The highest BCUT2D eigenvalue weighted by Crippen LogP contribution is 2.48. The van der Waals surface area contributed by atoms with Gasteiger partial charge in [0.15, 0.2) is 0 Å². The number of methoxy groups -OCH3 is 1. The Morgan fingerprint density at radius 3 is 2.53 bits per heavy atom. The van der Waals surface area contributed by atoms with E-state index in [2.05, 4.69) is 6.92 Å². The van der Waals surface area contributed by atoms with E-state index in [1.54, 1.807) is 0 Å². The molecule has 0 bridgehead atoms. The maximum absolute atomic E-state index is 11.7. The second kappa shape index (κ2) is 4.15. The Bertz CT molecular complexity index is 249. The minimum Gasteiger partial charge on any atom is -0.469 e. The van der Waals surface area contributed by atoms with E-state index < -0.39 is 0 Å². The van der Waals surface area contributed by atoms with Crippen LogP contribution in [0.5, 0.6) is 0 Å². The van der Waals surface area contributed by atoms with Crippen LogP contribution in [0, 0.1) is 17.3 Å². The molecule has 2 aliphatic carbocycles. The van der Waals surface area contributed by atoms with Gasteiger partial charge in [-0.15, -0.1) is 0 Å². The standard InChI is InChI=1S/C13H22O2/c1-13(12(14)15-2)8-7-10-5-3-4-6-11(10)9-13/h10-11H,3-9H2,1-2H3. The molecule has 2 saturated carbocycles. The molecule has 2 rings (SSSR count). The zero-order valence-corrected chi connectivity index (χ0v) is 9.92. The maximum Gasteiger partial charge on any atom is 0.311 e. The zero-order chi connectivity index (χ0) is 10.9. The molecule has 3 unspecified atom stereocenters. The molecule has 86 valence electrons. The van der Waals surface area contributed by atoms with Crippen LogP contribution in [0.4, 0.5) is 0 Å². The lowest BCUT2D eigenvalue weighted by Gasteiger charge is -2.43. The SMILES string of the molecule is COC(=O)C1(C)CCC2CCCCC2C1. The number of carbonyl (C=O) groups is 1. The highest BCUT2D eigenvalue weighted by Gasteiger charge is 2.43. The molecule has 0 aromatic heterocycles. The summed E-state index contributed by atoms with van der Waals surface area (Å²) in [5, 5.41) is 0. The second-order valence-electron chi connectivity index (χ2n) is 5.60. The molecule has 2 nitrogen and oxygen atoms in total. The minimum atomic E-state index is -0.187. The van der Waals surface area contributed by atoms with E-state index in [0.717, 1.165) is 24.7 Å². The largest absolute Gasteiger partial charge is 0.469 e. The fraction of sp³-hybridized carbons (Fsp3) is 0.923. The molecule has 2 aliphatic rings. The number of fused-ring (bicyclic) bond motifs is 1. The first kappa shape index (κ1) is 11.0. The lowest BCUT2D eigenvalue weighted by molar-refractivity contribution is -0.156. The molecule has 2 fully saturated rings. The smallest absolute Gasteiger partial charge is 0.311 e. The third kappa shape index (κ3) is 2.04. The molecular weight excluding hydrogens is 188 g/mol. The van der Waals surface area contributed by atoms with Crippen LogP contribution in [0.2, 0.25) is 0 Å². The van der Waals surface area contributed by atoms with Crippen molar-refractivity contribution in [3.63, 3.8) is 0 Å². The van der Waals surface area contributed by atoms with Gasteiger partial charge in [-0.25, -0.2) is 0 Å². The fourth-order valence-electron chi connectivity index (χ4n) is 3.55. The summed E-state index contributed by atoms with van der Waals surface area (Å²) >= 11 is 0. The number of carbonyl (C=O) groups excluding carboxylic acids is 1. The summed E-state index contributed by atoms with van der Waals surface area (Å²) in [6, 6.07) is 0. The van der Waals surface area contributed by atoms with Gasteiger partial charge in [0, 0.05) is 0 Å². The summed E-state index contributed by atoms with van der Waals surface area (Å²) in [6.45, 7) is 2.09. The molecular formula is C13H22O2. The Kier molecular flexibility index (Phi) is 3.03. The van der Waals surface area contributed by atoms with Crippen molar-refractivity contribution in [2.24, 2.45) is 17.3 Å². The Labute approximate surface area is 92.4 Å². The van der Waals surface area contributed by atoms with Crippen LogP contribution in [-0.4, -0.2) is 13.1 Å². The number of esters is 1. The van der Waals surface area contributed by atoms with Crippen LogP contribution in [0.25, 0.3) is 0 Å². The van der Waals surface area contributed by atoms with Crippen LogP contribution in [-0.2, 0) is 9.53 Å². The van der Waals surface area contributed by atoms with Gasteiger partial charge in [0.1, 0.15) is 0 Å². The average molecular weight is 210 g/mol. The van der Waals surface area contributed by atoms with Gasteiger partial charge in [-0.05, 0) is 38.0 Å². The van der Waals surface area contributed by atoms with Gasteiger partial charge in [-0.1, -0.05) is 25.7 Å². The van der Waals surface area contributed by atoms with Crippen LogP contribution < -0.4 is 0 Å². The normalized spacial score (nSPS) is 40.7. The van der Waals surface area contributed by atoms with Gasteiger partial charge in [0.25, 0.3) is 0 Å². The Morgan fingerprint density at radius 2 is 1.87 bits per heavy atom. The van der Waals surface area contributed by atoms with Crippen LogP contribution >= 0.6 is 0 Å². The molecule has 0 amide bonds. The zero-order valence-electron chi connectivity index (χ0n) is 9.92. The Balaban J connectivity index is 2.04. The Hall–Kier alpha value is -0.530. The van der Waals surface area contributed by atoms with E-state index in [1.165, 1.54) is 39.2 Å². The molecule has 15 heavy (non-hydrogen) atoms. The number of rotatable bonds is 1. The Morgan fingerprint density at radius 1 is 1.20 bits per heavy atom. The molecule has 0 heterocycles. The average Bonchev–Trinajstić information content (AvgIpc) is 2.27. The second-order valence-corrected chi connectivity index (χ2v) is 5.60. The van der Waals surface area contributed by atoms with Crippen LogP contribution in [0.15, 0.2) is 0 Å². The van der Waals surface area contributed by atoms with Gasteiger partial charge >= 0.3 is 5.97 Å². The van der Waals surface area contributed by atoms with E-state index in [-0.39, 0.29) is 11.4 Å². The summed E-state index contributed by atoms with van der Waals surface area (Å²) in [5.41, 5.74) is -0.187. The van der Waals surface area contributed by atoms with Gasteiger partial charge in [-0.3, -0.25) is 4.79 Å². The molecule has 0 aromatic rings. The molecule has 0 aliphatic heterocycles. The number of ether oxygens (including phenoxy) is 1. The molecule has 0 N–H and O–H groups in total. The van der Waals surface area contributed by atoms with Crippen LogP contribution in [0.1, 0.15) is 51.9 Å². The molecule has 2 heteroatoms. The quantitative estimate of drug-likeness (QED) is 0.621. The number of hydrogen-bond donors (Lipinski definition) is 0. The van der Waals surface area contributed by atoms with E-state index in [0.29, 0.717) is 0 Å². The van der Waals surface area contributed by atoms with Gasteiger partial charge < -0.3 is 4.74 Å². The van der Waals surface area contributed by atoms with Crippen molar-refractivity contribution in [2.45, 2.75) is 51.9 Å². The van der Waals surface area contributed by atoms with Crippen molar-refractivity contribution in [3.8, 4) is 0 Å². The van der Waals surface area contributed by atoms with E-state index in [4.69, 9.17) is 4.74 Å². The predicted octanol–water partition coefficient (Wildman–Crippen LogP) is 3.16. The lowest BCUT2D eigenvalue weighted by Crippen LogP contribution is -2.39. The van der Waals surface area contributed by atoms with E-state index in [9.17, 15) is 4.79 Å². The van der Waals surface area contributed by atoms with Crippen LogP contribution in [0.3, 0.4) is 0 Å². The van der Waals surface area contributed by atoms with Crippen molar-refractivity contribution in [3.05, 3.63) is 0 Å². The molecule has 0 spiro atoms. The van der Waals surface area contributed by atoms with Crippen molar-refractivity contribution < 1.29 is 9.53 Å². The predicted molar refractivity (Wildman–Crippen MR) is 59.4 cm³/mol. The van der Waals surface area contributed by atoms with Gasteiger partial charge in [0.05, 0.1) is 12.5 Å². The first-order valence-corrected chi connectivity index (χ1v) is 6.24. The van der Waals surface area contributed by atoms with Gasteiger partial charge in [0.2, 0.25) is 0 Å². The molecule has 3 atom stereocenters. The van der Waals surface area contributed by atoms with Crippen molar-refractivity contribution >= 4 is 5.97 Å². The third-order valence-electron chi connectivity index (χ3n) is 4.52. The van der Waals surface area contributed by atoms with Crippen molar-refractivity contribution in [1.82, 2.24) is 0 Å². The minimum absolute atomic E-state index is 0.00604. The summed E-state index contributed by atoms with van der Waals surface area (Å²) in [6.07, 6.45) is 8.80. The number of hydrogen-bond acceptors (Lipinski definition) is 2. The molecule has 0 aromatic carbocycles. The highest BCUT2D eigenvalue weighted by atomic mass is 16.5. The summed E-state index contributed by atoms with van der Waals surface area (Å²) in [4.78, 5) is 11.7. The molecule has 0 saturated heterocycles. The molecule has 0 radical (unpaired) electrons. The lowest BCUT2D eigenvalue weighted by atomic mass is 9.62. The summed E-state index contributed by atoms with van der Waals surface area (Å²) in [5.74, 6) is 1.69. The third-order valence-corrected chi connectivity index (χ3v) is 4.52.